The number of aliphatic hydroxyl groups excluding tert-OH is 1. The van der Waals surface area contributed by atoms with E-state index in [1.165, 1.54) is 0 Å². The molecule has 0 aliphatic rings. The van der Waals surface area contributed by atoms with Gasteiger partial charge in [-0.25, -0.2) is 4.98 Å². The second kappa shape index (κ2) is 6.68. The van der Waals surface area contributed by atoms with Crippen molar-refractivity contribution in [2.45, 2.75) is 13.2 Å². The molecule has 0 saturated heterocycles. The van der Waals surface area contributed by atoms with Crippen molar-refractivity contribution in [2.75, 3.05) is 41.3 Å². The Balaban J connectivity index is 2.78. The highest BCUT2D eigenvalue weighted by Crippen LogP contribution is 2.20. The van der Waals surface area contributed by atoms with Gasteiger partial charge in [-0.15, -0.1) is 0 Å². The van der Waals surface area contributed by atoms with E-state index in [9.17, 15) is 5.11 Å². The van der Waals surface area contributed by atoms with Gasteiger partial charge in [0.25, 0.3) is 0 Å². The SMILES string of the molecule is COc1ccc(C)c(C(O)N(C)CCN(C)C)n1. The lowest BCUT2D eigenvalue weighted by molar-refractivity contribution is 0.0132. The Labute approximate surface area is 109 Å². The summed E-state index contributed by atoms with van der Waals surface area (Å²) in [5.74, 6) is 0.524. The Morgan fingerprint density at radius 3 is 2.50 bits per heavy atom. The fourth-order valence-electron chi connectivity index (χ4n) is 1.59. The van der Waals surface area contributed by atoms with E-state index in [0.717, 1.165) is 18.7 Å². The molecule has 0 saturated carbocycles. The second-order valence-corrected chi connectivity index (χ2v) is 4.71. The lowest BCUT2D eigenvalue weighted by atomic mass is 10.2. The topological polar surface area (TPSA) is 48.8 Å². The molecule has 1 aromatic heterocycles. The van der Waals surface area contributed by atoms with Gasteiger partial charge < -0.3 is 14.7 Å². The highest BCUT2D eigenvalue weighted by atomic mass is 16.5. The average molecular weight is 253 g/mol. The van der Waals surface area contributed by atoms with E-state index >= 15 is 0 Å². The fourth-order valence-corrected chi connectivity index (χ4v) is 1.59. The zero-order chi connectivity index (χ0) is 13.7. The van der Waals surface area contributed by atoms with Gasteiger partial charge in [0.15, 0.2) is 6.23 Å². The third-order valence-corrected chi connectivity index (χ3v) is 2.88. The van der Waals surface area contributed by atoms with Crippen LogP contribution in [0.1, 0.15) is 17.5 Å². The molecule has 102 valence electrons. The van der Waals surface area contributed by atoms with E-state index in [1.54, 1.807) is 13.2 Å². The summed E-state index contributed by atoms with van der Waals surface area (Å²) >= 11 is 0. The number of pyridine rings is 1. The van der Waals surface area contributed by atoms with Gasteiger partial charge in [0.2, 0.25) is 5.88 Å². The molecule has 1 heterocycles. The maximum Gasteiger partial charge on any atom is 0.213 e. The predicted octanol–water partition coefficient (Wildman–Crippen LogP) is 0.883. The first-order valence-electron chi connectivity index (χ1n) is 6.00. The lowest BCUT2D eigenvalue weighted by Crippen LogP contribution is -2.32. The number of aliphatic hydroxyl groups is 1. The normalized spacial score (nSPS) is 13.1. The van der Waals surface area contributed by atoms with Gasteiger partial charge in [-0.3, -0.25) is 4.90 Å². The van der Waals surface area contributed by atoms with Crippen LogP contribution in [-0.4, -0.2) is 61.2 Å². The van der Waals surface area contributed by atoms with Crippen molar-refractivity contribution in [2.24, 2.45) is 0 Å². The van der Waals surface area contributed by atoms with Gasteiger partial charge in [-0.2, -0.15) is 0 Å². The molecule has 1 rings (SSSR count). The van der Waals surface area contributed by atoms with Crippen molar-refractivity contribution in [3.8, 4) is 5.88 Å². The third-order valence-electron chi connectivity index (χ3n) is 2.88. The number of hydrogen-bond acceptors (Lipinski definition) is 5. The first kappa shape index (κ1) is 14.9. The molecule has 0 amide bonds. The molecule has 1 unspecified atom stereocenters. The van der Waals surface area contributed by atoms with Crippen LogP contribution in [0.2, 0.25) is 0 Å². The van der Waals surface area contributed by atoms with Crippen LogP contribution in [0.25, 0.3) is 0 Å². The Bertz CT molecular complexity index is 382. The van der Waals surface area contributed by atoms with Gasteiger partial charge >= 0.3 is 0 Å². The summed E-state index contributed by atoms with van der Waals surface area (Å²) in [4.78, 5) is 8.26. The Morgan fingerprint density at radius 2 is 1.94 bits per heavy atom. The van der Waals surface area contributed by atoms with Crippen LogP contribution in [0.5, 0.6) is 5.88 Å². The van der Waals surface area contributed by atoms with E-state index in [1.807, 2.05) is 39.0 Å². The number of ether oxygens (including phenoxy) is 1. The number of hydrogen-bond donors (Lipinski definition) is 1. The second-order valence-electron chi connectivity index (χ2n) is 4.71. The molecule has 5 heteroatoms. The minimum atomic E-state index is -0.708. The molecule has 0 spiro atoms. The van der Waals surface area contributed by atoms with Gasteiger partial charge in [-0.1, -0.05) is 6.07 Å². The minimum absolute atomic E-state index is 0.524. The first-order chi connectivity index (χ1) is 8.45. The number of aryl methyl sites for hydroxylation is 1. The number of methoxy groups -OCH3 is 1. The monoisotopic (exact) mass is 253 g/mol. The molecule has 5 nitrogen and oxygen atoms in total. The van der Waals surface area contributed by atoms with Crippen molar-refractivity contribution < 1.29 is 9.84 Å². The summed E-state index contributed by atoms with van der Waals surface area (Å²) in [7, 11) is 7.48. The van der Waals surface area contributed by atoms with Crippen LogP contribution < -0.4 is 4.74 Å². The summed E-state index contributed by atoms with van der Waals surface area (Å²) in [5, 5.41) is 10.3. The third kappa shape index (κ3) is 3.94. The van der Waals surface area contributed by atoms with Gasteiger partial charge in [-0.05, 0) is 33.6 Å². The highest BCUT2D eigenvalue weighted by molar-refractivity contribution is 5.25. The number of nitrogens with zero attached hydrogens (tertiary/aromatic N) is 3. The van der Waals surface area contributed by atoms with Gasteiger partial charge in [0.05, 0.1) is 12.8 Å². The van der Waals surface area contributed by atoms with Crippen LogP contribution in [0.4, 0.5) is 0 Å². The predicted molar refractivity (Wildman–Crippen MR) is 71.7 cm³/mol. The Hall–Kier alpha value is -1.17. The summed E-state index contributed by atoms with van der Waals surface area (Å²) in [6, 6.07) is 3.70. The molecule has 1 N–H and O–H groups in total. The Kier molecular flexibility index (Phi) is 5.53. The van der Waals surface area contributed by atoms with E-state index < -0.39 is 6.23 Å². The van der Waals surface area contributed by atoms with Crippen LogP contribution in [0.15, 0.2) is 12.1 Å². The quantitative estimate of drug-likeness (QED) is 0.763. The molecule has 18 heavy (non-hydrogen) atoms. The molecule has 0 aliphatic carbocycles. The van der Waals surface area contributed by atoms with Crippen molar-refractivity contribution in [1.29, 1.82) is 0 Å². The summed E-state index contributed by atoms with van der Waals surface area (Å²) in [5.41, 5.74) is 1.61. The number of rotatable bonds is 6. The van der Waals surface area contributed by atoms with Crippen molar-refractivity contribution in [1.82, 2.24) is 14.8 Å². The van der Waals surface area contributed by atoms with Crippen molar-refractivity contribution in [3.05, 3.63) is 23.4 Å². The maximum absolute atomic E-state index is 10.3. The smallest absolute Gasteiger partial charge is 0.213 e. The van der Waals surface area contributed by atoms with Gasteiger partial charge in [0.1, 0.15) is 0 Å². The molecule has 0 aromatic carbocycles. The van der Waals surface area contributed by atoms with Crippen LogP contribution in [-0.2, 0) is 0 Å². The summed E-state index contributed by atoms with van der Waals surface area (Å²) < 4.78 is 5.09. The number of likely N-dealkylation sites (N-methyl/N-ethyl adjacent to an activating group) is 2. The Morgan fingerprint density at radius 1 is 1.28 bits per heavy atom. The standard InChI is InChI=1S/C13H23N3O2/c1-10-6-7-11(18-5)14-12(10)13(17)16(4)9-8-15(2)3/h6-7,13,17H,8-9H2,1-5H3. The molecule has 0 fully saturated rings. The zero-order valence-corrected chi connectivity index (χ0v) is 11.8. The van der Waals surface area contributed by atoms with Crippen LogP contribution >= 0.6 is 0 Å². The molecule has 0 bridgehead atoms. The van der Waals surface area contributed by atoms with Crippen molar-refractivity contribution in [3.63, 3.8) is 0 Å². The molecule has 1 aromatic rings. The first-order valence-corrected chi connectivity index (χ1v) is 6.00. The minimum Gasteiger partial charge on any atom is -0.481 e. The molecule has 1 atom stereocenters. The van der Waals surface area contributed by atoms with Crippen LogP contribution in [0, 0.1) is 6.92 Å². The maximum atomic E-state index is 10.3. The molecule has 0 radical (unpaired) electrons. The van der Waals surface area contributed by atoms with E-state index in [2.05, 4.69) is 9.88 Å². The lowest BCUT2D eigenvalue weighted by Gasteiger charge is -2.25. The zero-order valence-electron chi connectivity index (χ0n) is 11.8. The van der Waals surface area contributed by atoms with E-state index in [-0.39, 0.29) is 0 Å². The molecular weight excluding hydrogens is 230 g/mol. The summed E-state index contributed by atoms with van der Waals surface area (Å²) in [6.45, 7) is 3.59. The highest BCUT2D eigenvalue weighted by Gasteiger charge is 2.18. The van der Waals surface area contributed by atoms with E-state index in [4.69, 9.17) is 4.74 Å². The molecular formula is C13H23N3O2. The molecule has 0 aliphatic heterocycles. The average Bonchev–Trinajstić information content (AvgIpc) is 2.35. The van der Waals surface area contributed by atoms with Gasteiger partial charge in [0, 0.05) is 19.2 Å². The van der Waals surface area contributed by atoms with E-state index in [0.29, 0.717) is 11.6 Å². The number of aromatic nitrogens is 1. The van der Waals surface area contributed by atoms with Crippen molar-refractivity contribution >= 4 is 0 Å². The van der Waals surface area contributed by atoms with Crippen LogP contribution in [0.3, 0.4) is 0 Å². The summed E-state index contributed by atoms with van der Waals surface area (Å²) in [6.07, 6.45) is -0.708. The largest absolute Gasteiger partial charge is 0.481 e. The fraction of sp³-hybridized carbons (Fsp3) is 0.615.